The van der Waals surface area contributed by atoms with E-state index in [0.29, 0.717) is 0 Å². The summed E-state index contributed by atoms with van der Waals surface area (Å²) in [5, 5.41) is 2.93. The zero-order chi connectivity index (χ0) is 5.28. The number of aromatic amines is 1. The zero-order valence-corrected chi connectivity index (χ0v) is 7.94. The Kier molecular flexibility index (Phi) is 3.49. The van der Waals surface area contributed by atoms with Crippen LogP contribution in [0.5, 0.6) is 0 Å². The number of aryl methyl sites for hydroxylation is 2. The second-order valence-corrected chi connectivity index (χ2v) is 1.63. The Bertz CT molecular complexity index is 143. The molecular formula is C5H8N2Y. The van der Waals surface area contributed by atoms with Crippen molar-refractivity contribution in [1.82, 2.24) is 5.10 Å². The van der Waals surface area contributed by atoms with Crippen LogP contribution < -0.4 is 4.68 Å². The number of hydrogen-bond acceptors (Lipinski definition) is 0. The van der Waals surface area contributed by atoms with Crippen LogP contribution >= 0.6 is 0 Å². The van der Waals surface area contributed by atoms with Crippen LogP contribution in [-0.2, 0) is 39.8 Å². The minimum Gasteiger partial charge on any atom is -0.267 e. The summed E-state index contributed by atoms with van der Waals surface area (Å²) in [6.07, 6.45) is 4.90. The van der Waals surface area contributed by atoms with Crippen LogP contribution in [0.4, 0.5) is 0 Å². The van der Waals surface area contributed by atoms with Crippen molar-refractivity contribution < 1.29 is 37.4 Å². The average molecular weight is 185 g/mol. The summed E-state index contributed by atoms with van der Waals surface area (Å²) in [5.41, 5.74) is 1.14. The standard InChI is InChI=1S/C5H8N2.Y/c1-5-3-6-7(2)4-5;/h3,6H,1-2H3;. The van der Waals surface area contributed by atoms with Crippen LogP contribution in [0.25, 0.3) is 0 Å². The van der Waals surface area contributed by atoms with E-state index in [0.717, 1.165) is 5.56 Å². The molecule has 8 heavy (non-hydrogen) atoms. The molecule has 2 nitrogen and oxygen atoms in total. The minimum absolute atomic E-state index is 0. The predicted molar refractivity (Wildman–Crippen MR) is 25.5 cm³/mol. The van der Waals surface area contributed by atoms with Crippen LogP contribution in [0, 0.1) is 13.1 Å². The number of rotatable bonds is 0. The molecule has 3 heteroatoms. The van der Waals surface area contributed by atoms with Crippen molar-refractivity contribution in [3.8, 4) is 0 Å². The van der Waals surface area contributed by atoms with Gasteiger partial charge in [-0.15, -0.1) is 5.56 Å². The molecule has 0 aliphatic rings. The first-order valence-electron chi connectivity index (χ1n) is 2.22. The molecular weight excluding hydrogens is 177 g/mol. The molecule has 1 radical (unpaired) electrons. The third-order valence-corrected chi connectivity index (χ3v) is 0.819. The van der Waals surface area contributed by atoms with E-state index >= 15 is 0 Å². The van der Waals surface area contributed by atoms with Gasteiger partial charge in [-0.3, -0.25) is 5.10 Å². The molecule has 0 atom stereocenters. The van der Waals surface area contributed by atoms with Crippen LogP contribution in [0.15, 0.2) is 6.20 Å². The van der Waals surface area contributed by atoms with Crippen molar-refractivity contribution >= 4 is 0 Å². The van der Waals surface area contributed by atoms with Gasteiger partial charge in [0.2, 0.25) is 0 Å². The van der Waals surface area contributed by atoms with Gasteiger partial charge < -0.3 is 0 Å². The maximum absolute atomic E-state index is 3.00. The molecule has 0 spiro atoms. The quantitative estimate of drug-likeness (QED) is 0.431. The Balaban J connectivity index is 0.000000490. The van der Waals surface area contributed by atoms with Crippen LogP contribution in [0.3, 0.4) is 0 Å². The molecule has 1 N–H and O–H groups in total. The van der Waals surface area contributed by atoms with Crippen molar-refractivity contribution in [3.05, 3.63) is 18.0 Å². The summed E-state index contributed by atoms with van der Waals surface area (Å²) in [5.74, 6) is 0. The van der Waals surface area contributed by atoms with E-state index in [4.69, 9.17) is 0 Å². The van der Waals surface area contributed by atoms with Gasteiger partial charge in [-0.1, -0.05) is 13.1 Å². The minimum atomic E-state index is 0. The van der Waals surface area contributed by atoms with E-state index in [2.05, 4.69) is 11.3 Å². The van der Waals surface area contributed by atoms with E-state index < -0.39 is 0 Å². The van der Waals surface area contributed by atoms with Gasteiger partial charge in [0.15, 0.2) is 0 Å². The monoisotopic (exact) mass is 185 g/mol. The first kappa shape index (κ1) is 8.31. The molecule has 0 aliphatic carbocycles. The largest absolute Gasteiger partial charge is 0.267 e. The number of aromatic nitrogens is 2. The fraction of sp³-hybridized carbons (Fsp3) is 0.400. The number of nitrogens with zero attached hydrogens (tertiary/aromatic N) is 1. The van der Waals surface area contributed by atoms with Crippen molar-refractivity contribution in [1.29, 1.82) is 0 Å². The van der Waals surface area contributed by atoms with Gasteiger partial charge in [0, 0.05) is 32.7 Å². The Morgan fingerprint density at radius 2 is 2.38 bits per heavy atom. The van der Waals surface area contributed by atoms with Gasteiger partial charge in [0.25, 0.3) is 0 Å². The molecule has 0 aliphatic heterocycles. The van der Waals surface area contributed by atoms with Crippen LogP contribution in [0.1, 0.15) is 5.56 Å². The second-order valence-electron chi connectivity index (χ2n) is 1.63. The number of nitrogens with one attached hydrogen (secondary N) is 1. The van der Waals surface area contributed by atoms with E-state index in [1.54, 1.807) is 4.68 Å². The fourth-order valence-electron chi connectivity index (χ4n) is 0.523. The second kappa shape index (κ2) is 3.36. The molecule has 1 aromatic heterocycles. The first-order valence-corrected chi connectivity index (χ1v) is 2.22. The Morgan fingerprint density at radius 3 is 2.50 bits per heavy atom. The van der Waals surface area contributed by atoms with Gasteiger partial charge in [-0.25, -0.2) is 4.68 Å². The Labute approximate surface area is 74.2 Å². The van der Waals surface area contributed by atoms with Gasteiger partial charge in [0.05, 0.1) is 6.20 Å². The first-order chi connectivity index (χ1) is 3.29. The van der Waals surface area contributed by atoms with Gasteiger partial charge in [0.1, 0.15) is 7.05 Å². The molecule has 0 bridgehead atoms. The summed E-state index contributed by atoms with van der Waals surface area (Å²) < 4.78 is 1.79. The van der Waals surface area contributed by atoms with Gasteiger partial charge in [-0.2, -0.15) is 0 Å². The third-order valence-electron chi connectivity index (χ3n) is 0.819. The Morgan fingerprint density at radius 1 is 1.75 bits per heavy atom. The van der Waals surface area contributed by atoms with Crippen molar-refractivity contribution in [2.45, 2.75) is 6.92 Å². The summed E-state index contributed by atoms with van der Waals surface area (Å²) >= 11 is 0. The average Bonchev–Trinajstić information content (AvgIpc) is 1.87. The van der Waals surface area contributed by atoms with Crippen LogP contribution in [-0.4, -0.2) is 5.10 Å². The molecule has 0 amide bonds. The zero-order valence-electron chi connectivity index (χ0n) is 5.10. The summed E-state index contributed by atoms with van der Waals surface area (Å²) in [7, 11) is 1.91. The summed E-state index contributed by atoms with van der Waals surface area (Å²) in [6.45, 7) is 2.00. The van der Waals surface area contributed by atoms with E-state index in [-0.39, 0.29) is 32.7 Å². The summed E-state index contributed by atoms with van der Waals surface area (Å²) in [4.78, 5) is 0. The number of H-pyrrole nitrogens is 1. The maximum Gasteiger partial charge on any atom is 0.141 e. The third kappa shape index (κ3) is 2.06. The molecule has 0 saturated heterocycles. The molecule has 1 heterocycles. The molecule has 0 fully saturated rings. The maximum atomic E-state index is 3.00. The van der Waals surface area contributed by atoms with Crippen LogP contribution in [0.2, 0.25) is 0 Å². The van der Waals surface area contributed by atoms with Crippen molar-refractivity contribution in [3.63, 3.8) is 0 Å². The molecule has 1 aromatic rings. The molecule has 0 aromatic carbocycles. The molecule has 1 rings (SSSR count). The topological polar surface area (TPSA) is 19.7 Å². The smallest absolute Gasteiger partial charge is 0.141 e. The van der Waals surface area contributed by atoms with Gasteiger partial charge in [-0.05, 0) is 0 Å². The van der Waals surface area contributed by atoms with E-state index in [1.807, 2.05) is 20.2 Å². The van der Waals surface area contributed by atoms with Crippen molar-refractivity contribution in [2.24, 2.45) is 7.05 Å². The molecule has 0 unspecified atom stereocenters. The summed E-state index contributed by atoms with van der Waals surface area (Å²) in [6, 6.07) is 0. The Hall–Kier alpha value is 0.314. The van der Waals surface area contributed by atoms with E-state index in [1.165, 1.54) is 0 Å². The fourth-order valence-corrected chi connectivity index (χ4v) is 0.523. The normalized spacial score (nSPS) is 8.25. The molecule has 41 valence electrons. The van der Waals surface area contributed by atoms with E-state index in [9.17, 15) is 0 Å². The van der Waals surface area contributed by atoms with Crippen molar-refractivity contribution in [2.75, 3.05) is 0 Å². The number of hydrogen-bond donors (Lipinski definition) is 1. The van der Waals surface area contributed by atoms with Gasteiger partial charge >= 0.3 is 0 Å². The molecule has 0 saturated carbocycles. The SMILES string of the molecule is Cc1[c-][n+](C)[nH]c1.[Y]. The predicted octanol–water partition coefficient (Wildman–Crippen LogP) is -0.0547.